The Bertz CT molecular complexity index is 1250. The summed E-state index contributed by atoms with van der Waals surface area (Å²) in [6.07, 6.45) is 3.75. The highest BCUT2D eigenvalue weighted by Crippen LogP contribution is 2.29. The minimum Gasteiger partial charge on any atom is -0.326 e. The Balaban J connectivity index is 1.40. The lowest BCUT2D eigenvalue weighted by Gasteiger charge is -2.22. The van der Waals surface area contributed by atoms with Crippen LogP contribution in [0.4, 0.5) is 5.95 Å². The number of nitrogens with zero attached hydrogens (tertiary/aromatic N) is 3. The fourth-order valence-electron chi connectivity index (χ4n) is 3.82. The number of nitrogens with one attached hydrogen (secondary N) is 1. The van der Waals surface area contributed by atoms with Gasteiger partial charge in [-0.3, -0.25) is 19.5 Å². The molecule has 6 heteroatoms. The van der Waals surface area contributed by atoms with Gasteiger partial charge in [0.15, 0.2) is 0 Å². The average molecular weight is 437 g/mol. The van der Waals surface area contributed by atoms with Crippen LogP contribution >= 0.6 is 0 Å². The van der Waals surface area contributed by atoms with Crippen molar-refractivity contribution in [3.8, 4) is 16.9 Å². The second kappa shape index (κ2) is 9.12. The number of carbonyl (C=O) groups excluding carboxylic acids is 2. The van der Waals surface area contributed by atoms with E-state index in [2.05, 4.69) is 5.32 Å². The summed E-state index contributed by atoms with van der Waals surface area (Å²) in [7, 11) is 0. The van der Waals surface area contributed by atoms with Gasteiger partial charge in [0, 0.05) is 29.1 Å². The van der Waals surface area contributed by atoms with Gasteiger partial charge in [-0.1, -0.05) is 66.7 Å². The molecule has 0 atom stereocenters. The van der Waals surface area contributed by atoms with Crippen molar-refractivity contribution in [2.45, 2.75) is 18.9 Å². The maximum absolute atomic E-state index is 13.1. The van der Waals surface area contributed by atoms with E-state index < -0.39 is 0 Å². The summed E-state index contributed by atoms with van der Waals surface area (Å²) in [6, 6.07) is 28.8. The molecule has 0 aliphatic heterocycles. The lowest BCUT2D eigenvalue weighted by Crippen LogP contribution is -2.39. The van der Waals surface area contributed by atoms with Gasteiger partial charge in [-0.2, -0.15) is 0 Å². The largest absolute Gasteiger partial charge is 0.326 e. The van der Waals surface area contributed by atoms with Crippen LogP contribution in [0.15, 0.2) is 97.2 Å². The van der Waals surface area contributed by atoms with Crippen LogP contribution in [0.1, 0.15) is 23.2 Å². The number of imidazole rings is 1. The number of hydrogen-bond acceptors (Lipinski definition) is 3. The second-order valence-corrected chi connectivity index (χ2v) is 8.10. The maximum Gasteiger partial charge on any atom is 0.254 e. The minimum absolute atomic E-state index is 0.0132. The summed E-state index contributed by atoms with van der Waals surface area (Å²) in [5.41, 5.74) is 3.20. The van der Waals surface area contributed by atoms with Crippen LogP contribution in [-0.2, 0) is 4.79 Å². The summed E-state index contributed by atoms with van der Waals surface area (Å²) in [6.45, 7) is -0.0132. The predicted molar refractivity (Wildman–Crippen MR) is 128 cm³/mol. The molecule has 1 fully saturated rings. The number of aromatic nitrogens is 2. The van der Waals surface area contributed by atoms with Crippen LogP contribution < -0.4 is 5.32 Å². The van der Waals surface area contributed by atoms with Gasteiger partial charge in [0.05, 0.1) is 5.69 Å². The fourth-order valence-corrected chi connectivity index (χ4v) is 3.82. The van der Waals surface area contributed by atoms with Crippen molar-refractivity contribution in [3.05, 3.63) is 103 Å². The molecule has 1 heterocycles. The maximum atomic E-state index is 13.1. The fraction of sp³-hybridized carbons (Fsp3) is 0.148. The van der Waals surface area contributed by atoms with Gasteiger partial charge in [-0.15, -0.1) is 0 Å². The molecular formula is C27H24N4O2. The number of amides is 2. The molecule has 0 unspecified atom stereocenters. The number of hydrogen-bond donors (Lipinski definition) is 1. The molecule has 164 valence electrons. The van der Waals surface area contributed by atoms with E-state index in [-0.39, 0.29) is 24.4 Å². The first-order valence-electron chi connectivity index (χ1n) is 11.0. The topological polar surface area (TPSA) is 67.2 Å². The molecule has 1 N–H and O–H groups in total. The van der Waals surface area contributed by atoms with Crippen molar-refractivity contribution in [2.24, 2.45) is 0 Å². The van der Waals surface area contributed by atoms with Gasteiger partial charge in [-0.25, -0.2) is 4.98 Å². The van der Waals surface area contributed by atoms with Crippen LogP contribution in [0, 0.1) is 0 Å². The van der Waals surface area contributed by atoms with Crippen molar-refractivity contribution >= 4 is 17.8 Å². The minimum atomic E-state index is -0.270. The normalized spacial score (nSPS) is 12.8. The van der Waals surface area contributed by atoms with E-state index in [0.29, 0.717) is 11.5 Å². The molecule has 0 radical (unpaired) electrons. The zero-order valence-electron chi connectivity index (χ0n) is 18.1. The van der Waals surface area contributed by atoms with Crippen LogP contribution in [0.2, 0.25) is 0 Å². The lowest BCUT2D eigenvalue weighted by atomic mass is 10.2. The van der Waals surface area contributed by atoms with Crippen LogP contribution in [-0.4, -0.2) is 38.9 Å². The van der Waals surface area contributed by atoms with Crippen LogP contribution in [0.25, 0.3) is 16.9 Å². The molecule has 1 aliphatic rings. The van der Waals surface area contributed by atoms with Gasteiger partial charge in [0.2, 0.25) is 11.9 Å². The average Bonchev–Trinajstić information content (AvgIpc) is 3.63. The SMILES string of the molecule is O=C(CN(C(=O)c1ccccc1)C1CC1)Nc1nc(-c2ccccc2)cn1-c1ccccc1. The molecule has 4 aromatic rings. The second-order valence-electron chi connectivity index (χ2n) is 8.10. The van der Waals surface area contributed by atoms with E-state index in [1.165, 1.54) is 0 Å². The Morgan fingerprint density at radius 3 is 2.12 bits per heavy atom. The van der Waals surface area contributed by atoms with Crippen molar-refractivity contribution in [1.82, 2.24) is 14.5 Å². The van der Waals surface area contributed by atoms with Crippen molar-refractivity contribution in [2.75, 3.05) is 11.9 Å². The van der Waals surface area contributed by atoms with Gasteiger partial charge in [0.1, 0.15) is 6.54 Å². The quantitative estimate of drug-likeness (QED) is 0.453. The number of carbonyl (C=O) groups is 2. The Labute approximate surface area is 192 Å². The van der Waals surface area contributed by atoms with Crippen LogP contribution in [0.3, 0.4) is 0 Å². The van der Waals surface area contributed by atoms with E-state index in [9.17, 15) is 9.59 Å². The molecule has 3 aromatic carbocycles. The molecule has 33 heavy (non-hydrogen) atoms. The van der Waals surface area contributed by atoms with E-state index in [1.807, 2.05) is 89.6 Å². The molecule has 1 aromatic heterocycles. The molecule has 1 saturated carbocycles. The first-order valence-corrected chi connectivity index (χ1v) is 11.0. The summed E-state index contributed by atoms with van der Waals surface area (Å²) in [5.74, 6) is 0.0335. The highest BCUT2D eigenvalue weighted by molar-refractivity contribution is 5.99. The van der Waals surface area contributed by atoms with Gasteiger partial charge in [-0.05, 0) is 37.1 Å². The molecule has 1 aliphatic carbocycles. The summed E-state index contributed by atoms with van der Waals surface area (Å²) in [4.78, 5) is 32.4. The third kappa shape index (κ3) is 4.70. The highest BCUT2D eigenvalue weighted by atomic mass is 16.2. The number of benzene rings is 3. The Morgan fingerprint density at radius 2 is 1.48 bits per heavy atom. The Morgan fingerprint density at radius 1 is 0.879 bits per heavy atom. The number of anilines is 1. The summed E-state index contributed by atoms with van der Waals surface area (Å²) < 4.78 is 1.86. The molecule has 0 saturated heterocycles. The molecule has 5 rings (SSSR count). The van der Waals surface area contributed by atoms with Gasteiger partial charge < -0.3 is 4.90 Å². The first kappa shape index (κ1) is 20.7. The third-order valence-corrected chi connectivity index (χ3v) is 5.64. The van der Waals surface area contributed by atoms with E-state index in [4.69, 9.17) is 4.98 Å². The van der Waals surface area contributed by atoms with Gasteiger partial charge >= 0.3 is 0 Å². The van der Waals surface area contributed by atoms with Crippen molar-refractivity contribution in [1.29, 1.82) is 0 Å². The Kier molecular flexibility index (Phi) is 5.72. The van der Waals surface area contributed by atoms with Gasteiger partial charge in [0.25, 0.3) is 5.91 Å². The molecular weight excluding hydrogens is 412 g/mol. The van der Waals surface area contributed by atoms with E-state index in [0.717, 1.165) is 29.8 Å². The van der Waals surface area contributed by atoms with E-state index >= 15 is 0 Å². The third-order valence-electron chi connectivity index (χ3n) is 5.64. The highest BCUT2D eigenvalue weighted by Gasteiger charge is 2.34. The first-order chi connectivity index (χ1) is 16.2. The smallest absolute Gasteiger partial charge is 0.254 e. The molecule has 6 nitrogen and oxygen atoms in total. The Hall–Kier alpha value is -4.19. The monoisotopic (exact) mass is 436 g/mol. The predicted octanol–water partition coefficient (Wildman–Crippen LogP) is 4.78. The standard InChI is InChI=1S/C27H24N4O2/c32-25(19-30(23-16-17-23)26(33)21-12-6-2-7-13-21)29-27-28-24(20-10-4-1-5-11-20)18-31(27)22-14-8-3-9-15-22/h1-15,18,23H,16-17,19H2,(H,28,29,32). The zero-order valence-corrected chi connectivity index (χ0v) is 18.1. The molecule has 0 bridgehead atoms. The van der Waals surface area contributed by atoms with E-state index in [1.54, 1.807) is 17.0 Å². The molecule has 2 amide bonds. The summed E-state index contributed by atoms with van der Waals surface area (Å²) >= 11 is 0. The summed E-state index contributed by atoms with van der Waals surface area (Å²) in [5, 5.41) is 2.94. The molecule has 0 spiro atoms. The van der Waals surface area contributed by atoms with Crippen LogP contribution in [0.5, 0.6) is 0 Å². The zero-order chi connectivity index (χ0) is 22.6. The number of rotatable bonds is 7. The van der Waals surface area contributed by atoms with Crippen molar-refractivity contribution < 1.29 is 9.59 Å². The lowest BCUT2D eigenvalue weighted by molar-refractivity contribution is -0.117. The number of para-hydroxylation sites is 1. The van der Waals surface area contributed by atoms with Crippen molar-refractivity contribution in [3.63, 3.8) is 0 Å².